The van der Waals surface area contributed by atoms with E-state index in [1.54, 1.807) is 16.9 Å². The van der Waals surface area contributed by atoms with Crippen LogP contribution in [0.4, 0.5) is 0 Å². The summed E-state index contributed by atoms with van der Waals surface area (Å²) in [4.78, 5) is 27.4. The van der Waals surface area contributed by atoms with E-state index in [0.717, 1.165) is 29.8 Å². The van der Waals surface area contributed by atoms with Crippen LogP contribution in [0.25, 0.3) is 0 Å². The summed E-state index contributed by atoms with van der Waals surface area (Å²) in [5.41, 5.74) is 2.77. The van der Waals surface area contributed by atoms with Crippen LogP contribution >= 0.6 is 0 Å². The van der Waals surface area contributed by atoms with Gasteiger partial charge < -0.3 is 14.7 Å². The molecule has 138 valence electrons. The van der Waals surface area contributed by atoms with E-state index in [0.29, 0.717) is 13.0 Å². The molecule has 0 bridgehead atoms. The van der Waals surface area contributed by atoms with Gasteiger partial charge in [-0.05, 0) is 19.8 Å². The summed E-state index contributed by atoms with van der Waals surface area (Å²) in [5, 5.41) is 11.1. The molecule has 8 heteroatoms. The fourth-order valence-corrected chi connectivity index (χ4v) is 3.76. The largest absolute Gasteiger partial charge is 0.365 e. The second-order valence-corrected chi connectivity index (χ2v) is 7.13. The van der Waals surface area contributed by atoms with Crippen molar-refractivity contribution in [1.82, 2.24) is 25.2 Å². The van der Waals surface area contributed by atoms with Crippen molar-refractivity contribution in [1.29, 1.82) is 0 Å². The predicted molar refractivity (Wildman–Crippen MR) is 91.9 cm³/mol. The Morgan fingerprint density at radius 1 is 1.42 bits per heavy atom. The maximum absolute atomic E-state index is 12.8. The fraction of sp³-hybridized carbons (Fsp3) is 0.556. The van der Waals surface area contributed by atoms with Gasteiger partial charge in [-0.25, -0.2) is 0 Å². The van der Waals surface area contributed by atoms with Crippen molar-refractivity contribution in [2.75, 3.05) is 6.54 Å². The van der Waals surface area contributed by atoms with Crippen LogP contribution in [0.2, 0.25) is 0 Å². The highest BCUT2D eigenvalue weighted by atomic mass is 16.5. The maximum atomic E-state index is 12.8. The van der Waals surface area contributed by atoms with Crippen LogP contribution in [-0.2, 0) is 23.1 Å². The molecule has 2 aromatic heterocycles. The van der Waals surface area contributed by atoms with E-state index < -0.39 is 0 Å². The van der Waals surface area contributed by atoms with E-state index in [2.05, 4.69) is 15.6 Å². The monoisotopic (exact) mass is 357 g/mol. The molecule has 1 saturated carbocycles. The minimum absolute atomic E-state index is 0.0670. The number of nitrogens with zero attached hydrogens (tertiary/aromatic N) is 4. The summed E-state index contributed by atoms with van der Waals surface area (Å²) in [5.74, 6) is -0.404. The SMILES string of the molecule is Cc1c([C@@H]2[C@@H](C(=O)NCCc3ccon3)CC(=O)N2C2CC2)cnn1C. The van der Waals surface area contributed by atoms with Crippen LogP contribution in [-0.4, -0.2) is 44.2 Å². The molecule has 1 aliphatic heterocycles. The molecule has 0 aromatic carbocycles. The van der Waals surface area contributed by atoms with E-state index in [1.165, 1.54) is 6.26 Å². The van der Waals surface area contributed by atoms with E-state index in [4.69, 9.17) is 4.52 Å². The lowest BCUT2D eigenvalue weighted by atomic mass is 9.93. The summed E-state index contributed by atoms with van der Waals surface area (Å²) in [7, 11) is 1.88. The lowest BCUT2D eigenvalue weighted by Gasteiger charge is -2.28. The Morgan fingerprint density at radius 2 is 2.23 bits per heavy atom. The normalized spacial score (nSPS) is 22.8. The molecule has 2 amide bonds. The summed E-state index contributed by atoms with van der Waals surface area (Å²) >= 11 is 0. The minimum atomic E-state index is -0.386. The summed E-state index contributed by atoms with van der Waals surface area (Å²) in [6.07, 6.45) is 6.20. The first-order valence-electron chi connectivity index (χ1n) is 9.03. The number of carbonyl (C=O) groups is 2. The van der Waals surface area contributed by atoms with Gasteiger partial charge in [-0.15, -0.1) is 0 Å². The Labute approximate surface area is 151 Å². The Hall–Kier alpha value is -2.64. The van der Waals surface area contributed by atoms with E-state index in [-0.39, 0.29) is 36.2 Å². The molecule has 1 N–H and O–H groups in total. The van der Waals surface area contributed by atoms with Crippen molar-refractivity contribution in [3.8, 4) is 0 Å². The van der Waals surface area contributed by atoms with Gasteiger partial charge in [0.25, 0.3) is 0 Å². The Kier molecular flexibility index (Phi) is 4.26. The highest BCUT2D eigenvalue weighted by Crippen LogP contribution is 2.45. The van der Waals surface area contributed by atoms with Crippen LogP contribution in [0.5, 0.6) is 0 Å². The number of rotatable bonds is 6. The molecule has 0 unspecified atom stereocenters. The third kappa shape index (κ3) is 3.00. The van der Waals surface area contributed by atoms with Gasteiger partial charge in [0, 0.05) is 49.8 Å². The average molecular weight is 357 g/mol. The molecule has 2 fully saturated rings. The van der Waals surface area contributed by atoms with Crippen LogP contribution in [0.1, 0.15) is 42.3 Å². The van der Waals surface area contributed by atoms with Crippen LogP contribution in [0.3, 0.4) is 0 Å². The molecule has 1 aliphatic carbocycles. The molecule has 3 heterocycles. The smallest absolute Gasteiger partial charge is 0.226 e. The molecule has 2 atom stereocenters. The van der Waals surface area contributed by atoms with Crippen LogP contribution in [0, 0.1) is 12.8 Å². The Bertz CT molecular complexity index is 809. The van der Waals surface area contributed by atoms with Gasteiger partial charge in [-0.3, -0.25) is 14.3 Å². The van der Waals surface area contributed by atoms with Gasteiger partial charge in [-0.2, -0.15) is 5.10 Å². The number of amides is 2. The summed E-state index contributed by atoms with van der Waals surface area (Å²) in [6.45, 7) is 2.45. The number of hydrogen-bond donors (Lipinski definition) is 1. The van der Waals surface area contributed by atoms with Crippen molar-refractivity contribution >= 4 is 11.8 Å². The van der Waals surface area contributed by atoms with E-state index in [1.807, 2.05) is 18.9 Å². The fourth-order valence-electron chi connectivity index (χ4n) is 3.76. The quantitative estimate of drug-likeness (QED) is 0.836. The number of hydrogen-bond acceptors (Lipinski definition) is 5. The molecular weight excluding hydrogens is 334 g/mol. The van der Waals surface area contributed by atoms with Crippen molar-refractivity contribution in [2.24, 2.45) is 13.0 Å². The zero-order valence-electron chi connectivity index (χ0n) is 15.0. The second-order valence-electron chi connectivity index (χ2n) is 7.13. The summed E-state index contributed by atoms with van der Waals surface area (Å²) in [6, 6.07) is 1.82. The topological polar surface area (TPSA) is 93.3 Å². The first kappa shape index (κ1) is 16.8. The highest BCUT2D eigenvalue weighted by Gasteiger charge is 2.50. The predicted octanol–water partition coefficient (Wildman–Crippen LogP) is 1.13. The molecule has 4 rings (SSSR count). The number of nitrogens with one attached hydrogen (secondary N) is 1. The van der Waals surface area contributed by atoms with Crippen molar-refractivity contribution < 1.29 is 14.1 Å². The molecule has 0 spiro atoms. The zero-order chi connectivity index (χ0) is 18.3. The van der Waals surface area contributed by atoms with Gasteiger partial charge in [0.05, 0.1) is 23.9 Å². The minimum Gasteiger partial charge on any atom is -0.365 e. The third-order valence-corrected chi connectivity index (χ3v) is 5.40. The Balaban J connectivity index is 1.52. The van der Waals surface area contributed by atoms with E-state index in [9.17, 15) is 9.59 Å². The van der Waals surface area contributed by atoms with Crippen LogP contribution < -0.4 is 5.32 Å². The molecule has 26 heavy (non-hydrogen) atoms. The number of carbonyl (C=O) groups excluding carboxylic acids is 2. The van der Waals surface area contributed by atoms with Crippen molar-refractivity contribution in [2.45, 2.75) is 44.7 Å². The zero-order valence-corrected chi connectivity index (χ0v) is 15.0. The first-order valence-corrected chi connectivity index (χ1v) is 9.03. The van der Waals surface area contributed by atoms with Gasteiger partial charge >= 0.3 is 0 Å². The molecule has 8 nitrogen and oxygen atoms in total. The maximum Gasteiger partial charge on any atom is 0.226 e. The number of aryl methyl sites for hydroxylation is 1. The van der Waals surface area contributed by atoms with Gasteiger partial charge in [0.2, 0.25) is 11.8 Å². The molecule has 2 aromatic rings. The van der Waals surface area contributed by atoms with Gasteiger partial charge in [0.1, 0.15) is 6.26 Å². The number of aromatic nitrogens is 3. The lowest BCUT2D eigenvalue weighted by molar-refractivity contribution is -0.129. The highest BCUT2D eigenvalue weighted by molar-refractivity contribution is 5.90. The standard InChI is InChI=1S/C18H23N5O3/c1-11-15(10-20-22(11)2)17-14(9-16(24)23(17)13-3-4-13)18(25)19-7-5-12-6-8-26-21-12/h6,8,10,13-14,17H,3-5,7,9H2,1-2H3,(H,19,25)/t14-,17-/m0/s1. The van der Waals surface area contributed by atoms with Crippen LogP contribution in [0.15, 0.2) is 23.0 Å². The van der Waals surface area contributed by atoms with Crippen molar-refractivity contribution in [3.63, 3.8) is 0 Å². The molecule has 0 radical (unpaired) electrons. The third-order valence-electron chi connectivity index (χ3n) is 5.40. The molecule has 2 aliphatic rings. The summed E-state index contributed by atoms with van der Waals surface area (Å²) < 4.78 is 6.59. The van der Waals surface area contributed by atoms with E-state index >= 15 is 0 Å². The molecule has 1 saturated heterocycles. The van der Waals surface area contributed by atoms with Gasteiger partial charge in [-0.1, -0.05) is 5.16 Å². The lowest BCUT2D eigenvalue weighted by Crippen LogP contribution is -2.37. The number of likely N-dealkylation sites (tertiary alicyclic amines) is 1. The molecular formula is C18H23N5O3. The first-order chi connectivity index (χ1) is 12.6. The average Bonchev–Trinajstić information content (AvgIpc) is 3.05. The van der Waals surface area contributed by atoms with Gasteiger partial charge in [0.15, 0.2) is 0 Å². The second kappa shape index (κ2) is 6.59. The Morgan fingerprint density at radius 3 is 2.85 bits per heavy atom. The van der Waals surface area contributed by atoms with Crippen molar-refractivity contribution in [3.05, 3.63) is 35.5 Å².